The van der Waals surface area contributed by atoms with Crippen LogP contribution in [0.25, 0.3) is 0 Å². The number of ether oxygens (including phenoxy) is 2. The summed E-state index contributed by atoms with van der Waals surface area (Å²) in [5.74, 6) is -0.806. The van der Waals surface area contributed by atoms with Gasteiger partial charge in [-0.2, -0.15) is 0 Å². The van der Waals surface area contributed by atoms with Crippen LogP contribution in [0, 0.1) is 0 Å². The molecule has 0 heterocycles. The van der Waals surface area contributed by atoms with Gasteiger partial charge in [-0.15, -0.1) is 0 Å². The zero-order chi connectivity index (χ0) is 50.2. The van der Waals surface area contributed by atoms with Gasteiger partial charge in [0.15, 0.2) is 6.10 Å². The number of allylic oxidation sites excluding steroid dienone is 2. The predicted octanol–water partition coefficient (Wildman–Crippen LogP) is 18.9. The Balaban J connectivity index is 3.81. The van der Waals surface area contributed by atoms with Crippen LogP contribution >= 0.6 is 7.82 Å². The summed E-state index contributed by atoms with van der Waals surface area (Å²) in [4.78, 5) is 35.1. The highest BCUT2D eigenvalue weighted by molar-refractivity contribution is 7.47. The first-order chi connectivity index (χ1) is 33.8. The highest BCUT2D eigenvalue weighted by Gasteiger charge is 2.26. The maximum Gasteiger partial charge on any atom is 0.472 e. The molecule has 3 N–H and O–H groups in total. The molecule has 0 aliphatic carbocycles. The fourth-order valence-electron chi connectivity index (χ4n) is 9.16. The lowest BCUT2D eigenvalue weighted by molar-refractivity contribution is -0.161. The number of hydrogen-bond acceptors (Lipinski definition) is 8. The van der Waals surface area contributed by atoms with Crippen molar-refractivity contribution in [2.75, 3.05) is 26.4 Å². The zero-order valence-corrected chi connectivity index (χ0v) is 46.7. The third-order valence-corrected chi connectivity index (χ3v) is 14.6. The fourth-order valence-corrected chi connectivity index (χ4v) is 9.93. The quantitative estimate of drug-likeness (QED) is 0.0264. The van der Waals surface area contributed by atoms with Crippen LogP contribution < -0.4 is 5.73 Å². The normalized spacial score (nSPS) is 13.0. The standard InChI is InChI=1S/C59H116NO8P/c1-3-5-7-9-11-13-15-17-19-20-21-22-23-24-25-26-27-28-29-30-31-32-33-34-35-36-38-40-42-44-46-48-50-52-59(62)68-57(56-67-69(63,64)66-54-53-60)55-65-58(61)51-49-47-45-43-41-39-37-18-16-14-12-10-8-6-4-2/h20-21,57H,3-19,22-56,60H2,1-2H3,(H,63,64)/b21-20-. The van der Waals surface area contributed by atoms with Crippen molar-refractivity contribution in [2.24, 2.45) is 5.73 Å². The molecule has 0 spiro atoms. The first-order valence-electron chi connectivity index (χ1n) is 30.2. The van der Waals surface area contributed by atoms with Crippen molar-refractivity contribution in [3.05, 3.63) is 12.2 Å². The summed E-state index contributed by atoms with van der Waals surface area (Å²) >= 11 is 0. The number of rotatable bonds is 58. The second kappa shape index (κ2) is 56.1. The third kappa shape index (κ3) is 55.9. The van der Waals surface area contributed by atoms with E-state index in [1.807, 2.05) is 0 Å². The Kier molecular flexibility index (Phi) is 55.0. The number of phosphoric acid groups is 1. The van der Waals surface area contributed by atoms with Crippen molar-refractivity contribution < 1.29 is 37.6 Å². The van der Waals surface area contributed by atoms with Gasteiger partial charge in [0.2, 0.25) is 0 Å². The lowest BCUT2D eigenvalue weighted by Crippen LogP contribution is -2.29. The maximum atomic E-state index is 12.7. The van der Waals surface area contributed by atoms with Crippen molar-refractivity contribution in [1.29, 1.82) is 0 Å². The van der Waals surface area contributed by atoms with E-state index in [2.05, 4.69) is 26.0 Å². The maximum absolute atomic E-state index is 12.7. The van der Waals surface area contributed by atoms with E-state index in [0.29, 0.717) is 6.42 Å². The van der Waals surface area contributed by atoms with Gasteiger partial charge < -0.3 is 20.1 Å². The number of unbranched alkanes of at least 4 members (excludes halogenated alkanes) is 43. The van der Waals surface area contributed by atoms with Crippen molar-refractivity contribution in [2.45, 2.75) is 328 Å². The number of carbonyl (C=O) groups excluding carboxylic acids is 2. The molecule has 0 aromatic rings. The van der Waals surface area contributed by atoms with Crippen LogP contribution in [-0.4, -0.2) is 49.3 Å². The second-order valence-corrected chi connectivity index (χ2v) is 22.0. The van der Waals surface area contributed by atoms with Crippen LogP contribution in [0.15, 0.2) is 12.2 Å². The van der Waals surface area contributed by atoms with E-state index in [4.69, 9.17) is 24.3 Å². The van der Waals surface area contributed by atoms with E-state index in [1.165, 1.54) is 257 Å². The summed E-state index contributed by atoms with van der Waals surface area (Å²) in [5, 5.41) is 0. The summed E-state index contributed by atoms with van der Waals surface area (Å²) in [6.45, 7) is 3.80. The van der Waals surface area contributed by atoms with E-state index < -0.39 is 26.5 Å². The molecule has 0 amide bonds. The Hall–Kier alpha value is -1.25. The molecule has 0 radical (unpaired) electrons. The van der Waals surface area contributed by atoms with Gasteiger partial charge >= 0.3 is 19.8 Å². The van der Waals surface area contributed by atoms with E-state index in [0.717, 1.165) is 32.1 Å². The molecule has 2 atom stereocenters. The molecule has 0 aromatic carbocycles. The van der Waals surface area contributed by atoms with Gasteiger partial charge in [0.25, 0.3) is 0 Å². The van der Waals surface area contributed by atoms with Crippen molar-refractivity contribution in [1.82, 2.24) is 0 Å². The number of carbonyl (C=O) groups is 2. The number of esters is 2. The van der Waals surface area contributed by atoms with Crippen LogP contribution in [-0.2, 0) is 32.7 Å². The Bertz CT molecular complexity index is 1140. The molecule has 2 unspecified atom stereocenters. The fraction of sp³-hybridized carbons (Fsp3) is 0.932. The zero-order valence-electron chi connectivity index (χ0n) is 45.8. The topological polar surface area (TPSA) is 134 Å². The summed E-state index contributed by atoms with van der Waals surface area (Å²) in [6, 6.07) is 0. The monoisotopic (exact) mass is 998 g/mol. The van der Waals surface area contributed by atoms with Crippen LogP contribution in [0.3, 0.4) is 0 Å². The molecule has 0 aliphatic rings. The summed E-state index contributed by atoms with van der Waals surface area (Å²) in [5.41, 5.74) is 5.38. The first-order valence-corrected chi connectivity index (χ1v) is 31.7. The molecule has 0 saturated heterocycles. The van der Waals surface area contributed by atoms with E-state index >= 15 is 0 Å². The molecule has 69 heavy (non-hydrogen) atoms. The lowest BCUT2D eigenvalue weighted by atomic mass is 10.0. The molecule has 0 rings (SSSR count). The average Bonchev–Trinajstić information content (AvgIpc) is 3.34. The van der Waals surface area contributed by atoms with Crippen molar-refractivity contribution >= 4 is 19.8 Å². The Labute approximate surface area is 428 Å². The molecule has 0 bridgehead atoms. The van der Waals surface area contributed by atoms with Gasteiger partial charge in [0.1, 0.15) is 6.61 Å². The summed E-state index contributed by atoms with van der Waals surface area (Å²) < 4.78 is 33.0. The highest BCUT2D eigenvalue weighted by Crippen LogP contribution is 2.43. The van der Waals surface area contributed by atoms with Crippen molar-refractivity contribution in [3.8, 4) is 0 Å². The van der Waals surface area contributed by atoms with Gasteiger partial charge in [0, 0.05) is 19.4 Å². The molecular weight excluding hydrogens is 882 g/mol. The van der Waals surface area contributed by atoms with E-state index in [1.54, 1.807) is 0 Å². The number of hydrogen-bond donors (Lipinski definition) is 2. The van der Waals surface area contributed by atoms with Gasteiger partial charge in [-0.05, 0) is 38.5 Å². The van der Waals surface area contributed by atoms with Crippen LogP contribution in [0.1, 0.15) is 322 Å². The number of phosphoric ester groups is 1. The van der Waals surface area contributed by atoms with Gasteiger partial charge in [-0.25, -0.2) is 4.57 Å². The SMILES string of the molecule is CCCCCCCCCC/C=C\CCCCCCCCCCCCCCCCCCCCCCCC(=O)OC(COC(=O)CCCCCCCCCCCCCCCCC)COP(=O)(O)OCCN. The molecule has 0 aliphatic heterocycles. The van der Waals surface area contributed by atoms with Gasteiger partial charge in [-0.1, -0.05) is 283 Å². The van der Waals surface area contributed by atoms with Gasteiger partial charge in [0.05, 0.1) is 13.2 Å². The second-order valence-electron chi connectivity index (χ2n) is 20.6. The summed E-state index contributed by atoms with van der Waals surface area (Å²) in [6.07, 6.45) is 64.3. The van der Waals surface area contributed by atoms with E-state index in [9.17, 15) is 19.0 Å². The Morgan fingerprint density at radius 2 is 0.710 bits per heavy atom. The minimum atomic E-state index is -4.38. The van der Waals surface area contributed by atoms with Crippen LogP contribution in [0.4, 0.5) is 0 Å². The number of nitrogens with two attached hydrogens (primary N) is 1. The highest BCUT2D eigenvalue weighted by atomic mass is 31.2. The largest absolute Gasteiger partial charge is 0.472 e. The van der Waals surface area contributed by atoms with Crippen LogP contribution in [0.5, 0.6) is 0 Å². The minimum Gasteiger partial charge on any atom is -0.462 e. The Morgan fingerprint density at radius 3 is 1.03 bits per heavy atom. The molecule has 0 saturated carbocycles. The smallest absolute Gasteiger partial charge is 0.462 e. The van der Waals surface area contributed by atoms with Crippen molar-refractivity contribution in [3.63, 3.8) is 0 Å². The molecule has 10 heteroatoms. The van der Waals surface area contributed by atoms with Gasteiger partial charge in [-0.3, -0.25) is 18.6 Å². The predicted molar refractivity (Wildman–Crippen MR) is 294 cm³/mol. The molecular formula is C59H116NO8P. The Morgan fingerprint density at radius 1 is 0.420 bits per heavy atom. The molecule has 410 valence electrons. The molecule has 0 fully saturated rings. The molecule has 0 aromatic heterocycles. The average molecular weight is 999 g/mol. The minimum absolute atomic E-state index is 0.0576. The third-order valence-electron chi connectivity index (χ3n) is 13.7. The lowest BCUT2D eigenvalue weighted by Gasteiger charge is -2.19. The van der Waals surface area contributed by atoms with E-state index in [-0.39, 0.29) is 38.6 Å². The molecule has 9 nitrogen and oxygen atoms in total. The first kappa shape index (κ1) is 67.8. The summed E-state index contributed by atoms with van der Waals surface area (Å²) in [7, 11) is -4.38. The van der Waals surface area contributed by atoms with Crippen LogP contribution in [0.2, 0.25) is 0 Å².